The fourth-order valence-electron chi connectivity index (χ4n) is 2.36. The van der Waals surface area contributed by atoms with Gasteiger partial charge in [-0.3, -0.25) is 4.79 Å². The number of rotatable bonds is 2. The van der Waals surface area contributed by atoms with Crippen LogP contribution in [0, 0.1) is 5.92 Å². The molecule has 1 fully saturated rings. The van der Waals surface area contributed by atoms with Crippen molar-refractivity contribution in [1.29, 1.82) is 0 Å². The molecule has 1 aliphatic carbocycles. The van der Waals surface area contributed by atoms with E-state index < -0.39 is 0 Å². The smallest absolute Gasteiger partial charge is 0.255 e. The van der Waals surface area contributed by atoms with Gasteiger partial charge < -0.3 is 10.4 Å². The number of hydrogen-bond donors (Lipinski definition) is 2. The standard InChI is InChI=1S/C14H18BrNO2/c1-9-2-5-11(6-3-9)16-14(18)12-8-10(15)4-7-13(12)17/h4,7-9,11,17H,2-3,5-6H2,1H3,(H,16,18). The zero-order valence-corrected chi connectivity index (χ0v) is 12.0. The molecule has 98 valence electrons. The minimum Gasteiger partial charge on any atom is -0.507 e. The lowest BCUT2D eigenvalue weighted by Crippen LogP contribution is -2.37. The van der Waals surface area contributed by atoms with E-state index in [4.69, 9.17) is 0 Å². The highest BCUT2D eigenvalue weighted by Gasteiger charge is 2.21. The Morgan fingerprint density at radius 3 is 2.67 bits per heavy atom. The second kappa shape index (κ2) is 5.74. The number of phenols is 1. The SMILES string of the molecule is CC1CCC(NC(=O)c2cc(Br)ccc2O)CC1. The molecule has 0 aromatic heterocycles. The Labute approximate surface area is 116 Å². The maximum Gasteiger partial charge on any atom is 0.255 e. The van der Waals surface area contributed by atoms with Crippen molar-refractivity contribution in [3.63, 3.8) is 0 Å². The molecule has 18 heavy (non-hydrogen) atoms. The van der Waals surface area contributed by atoms with Gasteiger partial charge in [-0.1, -0.05) is 22.9 Å². The minimum absolute atomic E-state index is 0.0277. The molecule has 0 aliphatic heterocycles. The highest BCUT2D eigenvalue weighted by molar-refractivity contribution is 9.10. The largest absolute Gasteiger partial charge is 0.507 e. The van der Waals surface area contributed by atoms with E-state index in [9.17, 15) is 9.90 Å². The molecule has 1 aliphatic rings. The van der Waals surface area contributed by atoms with Crippen LogP contribution in [0.5, 0.6) is 5.75 Å². The van der Waals surface area contributed by atoms with E-state index in [1.54, 1.807) is 12.1 Å². The lowest BCUT2D eigenvalue weighted by atomic mass is 9.87. The predicted molar refractivity (Wildman–Crippen MR) is 74.7 cm³/mol. The van der Waals surface area contributed by atoms with Crippen molar-refractivity contribution in [2.75, 3.05) is 0 Å². The fourth-order valence-corrected chi connectivity index (χ4v) is 2.72. The summed E-state index contributed by atoms with van der Waals surface area (Å²) in [6.07, 6.45) is 4.38. The molecule has 2 rings (SSSR count). The molecule has 0 radical (unpaired) electrons. The van der Waals surface area contributed by atoms with Crippen LogP contribution in [0.25, 0.3) is 0 Å². The Balaban J connectivity index is 2.01. The molecule has 1 amide bonds. The van der Waals surface area contributed by atoms with Crippen LogP contribution in [0.3, 0.4) is 0 Å². The molecule has 0 saturated heterocycles. The van der Waals surface area contributed by atoms with Gasteiger partial charge in [-0.2, -0.15) is 0 Å². The number of aromatic hydroxyl groups is 1. The van der Waals surface area contributed by atoms with Crippen LogP contribution in [-0.4, -0.2) is 17.1 Å². The maximum atomic E-state index is 12.1. The van der Waals surface area contributed by atoms with E-state index in [2.05, 4.69) is 28.2 Å². The summed E-state index contributed by atoms with van der Waals surface area (Å²) in [6.45, 7) is 2.25. The Bertz CT molecular complexity index is 439. The van der Waals surface area contributed by atoms with Gasteiger partial charge in [0.25, 0.3) is 5.91 Å². The summed E-state index contributed by atoms with van der Waals surface area (Å²) in [7, 11) is 0. The third kappa shape index (κ3) is 3.25. The van der Waals surface area contributed by atoms with Crippen molar-refractivity contribution in [3.8, 4) is 5.75 Å². The monoisotopic (exact) mass is 311 g/mol. The van der Waals surface area contributed by atoms with E-state index in [0.717, 1.165) is 36.1 Å². The van der Waals surface area contributed by atoms with Crippen molar-refractivity contribution in [2.45, 2.75) is 38.6 Å². The topological polar surface area (TPSA) is 49.3 Å². The summed E-state index contributed by atoms with van der Waals surface area (Å²) in [6, 6.07) is 5.14. The van der Waals surface area contributed by atoms with E-state index in [1.807, 2.05) is 0 Å². The van der Waals surface area contributed by atoms with Gasteiger partial charge in [-0.25, -0.2) is 0 Å². The van der Waals surface area contributed by atoms with Crippen LogP contribution >= 0.6 is 15.9 Å². The summed E-state index contributed by atoms with van der Waals surface area (Å²) in [4.78, 5) is 12.1. The van der Waals surface area contributed by atoms with E-state index >= 15 is 0 Å². The number of phenolic OH excluding ortho intramolecular Hbond substituents is 1. The molecule has 0 heterocycles. The van der Waals surface area contributed by atoms with Gasteiger partial charge in [0.05, 0.1) is 5.56 Å². The van der Waals surface area contributed by atoms with Crippen molar-refractivity contribution >= 4 is 21.8 Å². The molecule has 1 saturated carbocycles. The summed E-state index contributed by atoms with van der Waals surface area (Å²) in [5.74, 6) is 0.602. The van der Waals surface area contributed by atoms with Gasteiger partial charge in [0.15, 0.2) is 0 Å². The summed E-state index contributed by atoms with van der Waals surface area (Å²) < 4.78 is 0.794. The first-order chi connectivity index (χ1) is 8.56. The first-order valence-electron chi connectivity index (χ1n) is 6.35. The molecule has 3 nitrogen and oxygen atoms in total. The van der Waals surface area contributed by atoms with Gasteiger partial charge >= 0.3 is 0 Å². The third-order valence-electron chi connectivity index (χ3n) is 3.55. The number of hydrogen-bond acceptors (Lipinski definition) is 2. The number of carbonyl (C=O) groups is 1. The molecule has 0 bridgehead atoms. The zero-order valence-electron chi connectivity index (χ0n) is 10.4. The van der Waals surface area contributed by atoms with Gasteiger partial charge in [0.2, 0.25) is 0 Å². The normalized spacial score (nSPS) is 23.7. The number of halogens is 1. The van der Waals surface area contributed by atoms with E-state index in [-0.39, 0.29) is 17.7 Å². The van der Waals surface area contributed by atoms with Crippen LogP contribution in [0.4, 0.5) is 0 Å². The summed E-state index contributed by atoms with van der Waals surface area (Å²) >= 11 is 3.31. The van der Waals surface area contributed by atoms with Crippen molar-refractivity contribution < 1.29 is 9.90 Å². The second-order valence-corrected chi connectivity index (χ2v) is 6.01. The minimum atomic E-state index is -0.187. The van der Waals surface area contributed by atoms with Crippen molar-refractivity contribution in [3.05, 3.63) is 28.2 Å². The van der Waals surface area contributed by atoms with Crippen LogP contribution in [0.2, 0.25) is 0 Å². The fraction of sp³-hybridized carbons (Fsp3) is 0.500. The first kappa shape index (κ1) is 13.4. The predicted octanol–water partition coefficient (Wildman–Crippen LogP) is 3.46. The van der Waals surface area contributed by atoms with Crippen molar-refractivity contribution in [1.82, 2.24) is 5.32 Å². The molecule has 0 atom stereocenters. The van der Waals surface area contributed by atoms with Gasteiger partial charge in [-0.05, 0) is 49.8 Å². The molecular weight excluding hydrogens is 294 g/mol. The summed E-state index contributed by atoms with van der Waals surface area (Å²) in [5.41, 5.74) is 0.336. The first-order valence-corrected chi connectivity index (χ1v) is 7.15. The second-order valence-electron chi connectivity index (χ2n) is 5.09. The molecular formula is C14H18BrNO2. The number of nitrogens with one attached hydrogen (secondary N) is 1. The molecule has 0 unspecified atom stereocenters. The molecule has 2 N–H and O–H groups in total. The Hall–Kier alpha value is -1.03. The average Bonchev–Trinajstić information content (AvgIpc) is 2.35. The average molecular weight is 312 g/mol. The third-order valence-corrected chi connectivity index (χ3v) is 4.05. The van der Waals surface area contributed by atoms with Crippen LogP contribution in [0.15, 0.2) is 22.7 Å². The quantitative estimate of drug-likeness (QED) is 0.878. The van der Waals surface area contributed by atoms with Crippen LogP contribution in [-0.2, 0) is 0 Å². The number of benzene rings is 1. The van der Waals surface area contributed by atoms with Crippen molar-refractivity contribution in [2.24, 2.45) is 5.92 Å². The van der Waals surface area contributed by atoms with Gasteiger partial charge in [0, 0.05) is 10.5 Å². The highest BCUT2D eigenvalue weighted by Crippen LogP contribution is 2.25. The van der Waals surface area contributed by atoms with Gasteiger partial charge in [-0.15, -0.1) is 0 Å². The number of amides is 1. The molecule has 1 aromatic carbocycles. The molecule has 1 aromatic rings. The Morgan fingerprint density at radius 2 is 2.00 bits per heavy atom. The zero-order chi connectivity index (χ0) is 13.1. The van der Waals surface area contributed by atoms with Gasteiger partial charge in [0.1, 0.15) is 5.75 Å². The Morgan fingerprint density at radius 1 is 1.33 bits per heavy atom. The van der Waals surface area contributed by atoms with Crippen LogP contribution < -0.4 is 5.32 Å². The van der Waals surface area contributed by atoms with E-state index in [1.165, 1.54) is 6.07 Å². The molecule has 4 heteroatoms. The van der Waals surface area contributed by atoms with Crippen LogP contribution in [0.1, 0.15) is 43.0 Å². The highest BCUT2D eigenvalue weighted by atomic mass is 79.9. The van der Waals surface area contributed by atoms with E-state index in [0.29, 0.717) is 5.56 Å². The lowest BCUT2D eigenvalue weighted by molar-refractivity contribution is 0.0920. The Kier molecular flexibility index (Phi) is 4.27. The lowest BCUT2D eigenvalue weighted by Gasteiger charge is -2.27. The maximum absolute atomic E-state index is 12.1. The molecule has 0 spiro atoms. The number of carbonyl (C=O) groups excluding carboxylic acids is 1. The summed E-state index contributed by atoms with van der Waals surface area (Å²) in [5, 5.41) is 12.7.